The van der Waals surface area contributed by atoms with Crippen LogP contribution in [0.4, 0.5) is 8.78 Å². The number of carboxylic acid groups (broad SMARTS) is 1. The Labute approximate surface area is 139 Å². The third-order valence-electron chi connectivity index (χ3n) is 4.20. The van der Waals surface area contributed by atoms with Crippen LogP contribution in [0.5, 0.6) is 0 Å². The zero-order valence-corrected chi connectivity index (χ0v) is 14.0. The summed E-state index contributed by atoms with van der Waals surface area (Å²) in [6.07, 6.45) is -1.58. The molecule has 134 valence electrons. The van der Waals surface area contributed by atoms with Crippen molar-refractivity contribution < 1.29 is 27.1 Å². The number of sulfonamides is 1. The summed E-state index contributed by atoms with van der Waals surface area (Å²) in [4.78, 5) is 12.4. The molecule has 2 rings (SSSR count). The molecule has 0 aliphatic carbocycles. The lowest BCUT2D eigenvalue weighted by Gasteiger charge is -2.35. The number of likely N-dealkylation sites (N-methyl/N-ethyl adjacent to an activating group) is 1. The lowest BCUT2D eigenvalue weighted by atomic mass is 10.1. The van der Waals surface area contributed by atoms with Gasteiger partial charge in [0.05, 0.1) is 11.4 Å². The normalized spacial score (nSPS) is 17.5. The van der Waals surface area contributed by atoms with Gasteiger partial charge in [-0.2, -0.15) is 4.31 Å². The molecule has 0 radical (unpaired) electrons. The van der Waals surface area contributed by atoms with Crippen molar-refractivity contribution in [2.45, 2.75) is 30.2 Å². The van der Waals surface area contributed by atoms with E-state index in [9.17, 15) is 22.0 Å². The van der Waals surface area contributed by atoms with E-state index in [-0.39, 0.29) is 36.1 Å². The van der Waals surface area contributed by atoms with Crippen LogP contribution < -0.4 is 0 Å². The zero-order valence-electron chi connectivity index (χ0n) is 13.2. The molecular formula is C15H20F2N2O4S. The quantitative estimate of drug-likeness (QED) is 0.835. The lowest BCUT2D eigenvalue weighted by Crippen LogP contribution is -2.46. The maximum Gasteiger partial charge on any atom is 0.317 e. The number of carboxylic acids is 1. The molecule has 6 nitrogen and oxygen atoms in total. The molecule has 0 bridgehead atoms. The predicted octanol–water partition coefficient (Wildman–Crippen LogP) is 1.79. The van der Waals surface area contributed by atoms with Crippen LogP contribution >= 0.6 is 0 Å². The number of benzene rings is 1. The van der Waals surface area contributed by atoms with Crippen molar-refractivity contribution in [3.05, 3.63) is 29.8 Å². The molecule has 0 saturated carbocycles. The van der Waals surface area contributed by atoms with Crippen molar-refractivity contribution >= 4 is 16.0 Å². The first-order chi connectivity index (χ1) is 11.2. The van der Waals surface area contributed by atoms with Crippen molar-refractivity contribution in [1.82, 2.24) is 9.21 Å². The molecule has 1 fully saturated rings. The SMILES string of the molecule is CN(CC(=O)O)C1CCN(S(=O)(=O)c2ccc(C(F)F)cc2)CC1. The number of piperidine rings is 1. The fourth-order valence-electron chi connectivity index (χ4n) is 2.80. The number of alkyl halides is 2. The number of hydrogen-bond donors (Lipinski definition) is 1. The molecule has 9 heteroatoms. The summed E-state index contributed by atoms with van der Waals surface area (Å²) in [5, 5.41) is 8.80. The minimum atomic E-state index is -3.72. The van der Waals surface area contributed by atoms with E-state index in [0.717, 1.165) is 12.1 Å². The first kappa shape index (κ1) is 18.8. The molecule has 0 atom stereocenters. The van der Waals surface area contributed by atoms with Crippen LogP contribution in [0, 0.1) is 0 Å². The smallest absolute Gasteiger partial charge is 0.317 e. The third kappa shape index (κ3) is 4.28. The van der Waals surface area contributed by atoms with Crippen LogP contribution in [0.3, 0.4) is 0 Å². The molecule has 0 aromatic heterocycles. The van der Waals surface area contributed by atoms with Gasteiger partial charge in [0, 0.05) is 24.7 Å². The molecule has 1 aromatic rings. The lowest BCUT2D eigenvalue weighted by molar-refractivity contribution is -0.138. The van der Waals surface area contributed by atoms with Gasteiger partial charge in [0.1, 0.15) is 0 Å². The first-order valence-corrected chi connectivity index (χ1v) is 8.96. The van der Waals surface area contributed by atoms with E-state index in [2.05, 4.69) is 0 Å². The number of hydrogen-bond acceptors (Lipinski definition) is 4. The largest absolute Gasteiger partial charge is 0.480 e. The van der Waals surface area contributed by atoms with E-state index in [4.69, 9.17) is 5.11 Å². The van der Waals surface area contributed by atoms with Crippen LogP contribution in [0.25, 0.3) is 0 Å². The van der Waals surface area contributed by atoms with Gasteiger partial charge in [0.15, 0.2) is 0 Å². The molecule has 1 aliphatic heterocycles. The Balaban J connectivity index is 2.03. The molecule has 24 heavy (non-hydrogen) atoms. The fourth-order valence-corrected chi connectivity index (χ4v) is 4.27. The predicted molar refractivity (Wildman–Crippen MR) is 83.4 cm³/mol. The summed E-state index contributed by atoms with van der Waals surface area (Å²) in [6.45, 7) is 0.452. The highest BCUT2D eigenvalue weighted by Gasteiger charge is 2.31. The van der Waals surface area contributed by atoms with Crippen molar-refractivity contribution in [3.8, 4) is 0 Å². The summed E-state index contributed by atoms with van der Waals surface area (Å²) in [5.41, 5.74) is -0.219. The van der Waals surface area contributed by atoms with E-state index >= 15 is 0 Å². The summed E-state index contributed by atoms with van der Waals surface area (Å²) < 4.78 is 51.5. The van der Waals surface area contributed by atoms with Crippen molar-refractivity contribution in [2.75, 3.05) is 26.7 Å². The summed E-state index contributed by atoms with van der Waals surface area (Å²) >= 11 is 0. The van der Waals surface area contributed by atoms with E-state index in [1.165, 1.54) is 16.4 Å². The Hall–Kier alpha value is -1.58. The maximum absolute atomic E-state index is 12.6. The van der Waals surface area contributed by atoms with Crippen LogP contribution in [0.1, 0.15) is 24.8 Å². The molecule has 1 aliphatic rings. The Morgan fingerprint density at radius 3 is 2.29 bits per heavy atom. The second-order valence-electron chi connectivity index (χ2n) is 5.81. The second-order valence-corrected chi connectivity index (χ2v) is 7.75. The Bertz CT molecular complexity index is 671. The summed E-state index contributed by atoms with van der Waals surface area (Å²) in [5.74, 6) is -0.924. The third-order valence-corrected chi connectivity index (χ3v) is 6.11. The van der Waals surface area contributed by atoms with Gasteiger partial charge in [-0.15, -0.1) is 0 Å². The van der Waals surface area contributed by atoms with Crippen molar-refractivity contribution in [3.63, 3.8) is 0 Å². The van der Waals surface area contributed by atoms with E-state index in [0.29, 0.717) is 12.8 Å². The van der Waals surface area contributed by atoms with Gasteiger partial charge in [-0.3, -0.25) is 9.69 Å². The van der Waals surface area contributed by atoms with Gasteiger partial charge in [-0.25, -0.2) is 17.2 Å². The van der Waals surface area contributed by atoms with E-state index in [1.807, 2.05) is 0 Å². The molecule has 1 saturated heterocycles. The van der Waals surface area contributed by atoms with Gasteiger partial charge < -0.3 is 5.11 Å². The van der Waals surface area contributed by atoms with Crippen LogP contribution in [0.15, 0.2) is 29.2 Å². The number of halogens is 2. The number of nitrogens with zero attached hydrogens (tertiary/aromatic N) is 2. The average Bonchev–Trinajstić information content (AvgIpc) is 2.54. The minimum Gasteiger partial charge on any atom is -0.480 e. The Kier molecular flexibility index (Phi) is 5.89. The zero-order chi connectivity index (χ0) is 17.9. The van der Waals surface area contributed by atoms with Gasteiger partial charge >= 0.3 is 5.97 Å². The Morgan fingerprint density at radius 2 is 1.83 bits per heavy atom. The van der Waals surface area contributed by atoms with Crippen LogP contribution in [-0.4, -0.2) is 61.4 Å². The molecular weight excluding hydrogens is 342 g/mol. The molecule has 1 heterocycles. The number of aliphatic carboxylic acids is 1. The van der Waals surface area contributed by atoms with Gasteiger partial charge in [0.2, 0.25) is 10.0 Å². The van der Waals surface area contributed by atoms with E-state index < -0.39 is 22.4 Å². The maximum atomic E-state index is 12.6. The molecule has 1 N–H and O–H groups in total. The Morgan fingerprint density at radius 1 is 1.29 bits per heavy atom. The van der Waals surface area contributed by atoms with Gasteiger partial charge in [0.25, 0.3) is 6.43 Å². The molecule has 0 spiro atoms. The van der Waals surface area contributed by atoms with Crippen molar-refractivity contribution in [1.29, 1.82) is 0 Å². The summed E-state index contributed by atoms with van der Waals surface area (Å²) in [7, 11) is -2.02. The summed E-state index contributed by atoms with van der Waals surface area (Å²) in [6, 6.07) is 4.63. The average molecular weight is 362 g/mol. The van der Waals surface area contributed by atoms with Gasteiger partial charge in [-0.05, 0) is 32.0 Å². The minimum absolute atomic E-state index is 0.00811. The molecule has 0 unspecified atom stereocenters. The van der Waals surface area contributed by atoms with Gasteiger partial charge in [-0.1, -0.05) is 12.1 Å². The molecule has 1 aromatic carbocycles. The number of rotatable bonds is 6. The fraction of sp³-hybridized carbons (Fsp3) is 0.533. The monoisotopic (exact) mass is 362 g/mol. The highest BCUT2D eigenvalue weighted by atomic mass is 32.2. The van der Waals surface area contributed by atoms with Crippen LogP contribution in [-0.2, 0) is 14.8 Å². The second kappa shape index (κ2) is 7.54. The number of carbonyl (C=O) groups is 1. The standard InChI is InChI=1S/C15H20F2N2O4S/c1-18(10-14(20)21)12-6-8-19(9-7-12)24(22,23)13-4-2-11(3-5-13)15(16)17/h2-5,12,15H,6-10H2,1H3,(H,20,21). The van der Waals surface area contributed by atoms with Crippen LogP contribution in [0.2, 0.25) is 0 Å². The highest BCUT2D eigenvalue weighted by Crippen LogP contribution is 2.25. The first-order valence-electron chi connectivity index (χ1n) is 7.52. The topological polar surface area (TPSA) is 77.9 Å². The highest BCUT2D eigenvalue weighted by molar-refractivity contribution is 7.89. The van der Waals surface area contributed by atoms with E-state index in [1.54, 1.807) is 11.9 Å². The van der Waals surface area contributed by atoms with Crippen molar-refractivity contribution in [2.24, 2.45) is 0 Å². The molecule has 0 amide bonds.